The zero-order valence-electron chi connectivity index (χ0n) is 8.55. The average molecular weight is 231 g/mol. The van der Waals surface area contributed by atoms with E-state index in [4.69, 9.17) is 10.5 Å². The molecule has 2 N–H and O–H groups in total. The van der Waals surface area contributed by atoms with Gasteiger partial charge in [-0.05, 0) is 19.3 Å². The predicted molar refractivity (Wildman–Crippen MR) is 52.6 cm³/mol. The highest BCUT2D eigenvalue weighted by Crippen LogP contribution is 2.28. The Morgan fingerprint density at radius 3 is 2.25 bits per heavy atom. The van der Waals surface area contributed by atoms with Gasteiger partial charge in [-0.15, -0.1) is 0 Å². The molecule has 1 aliphatic rings. The fourth-order valence-electron chi connectivity index (χ4n) is 1.89. The summed E-state index contributed by atoms with van der Waals surface area (Å²) >= 11 is 0. The highest BCUT2D eigenvalue weighted by Gasteiger charge is 2.27. The molecule has 2 nitrogen and oxygen atoms in total. The first kappa shape index (κ1) is 11.3. The van der Waals surface area contributed by atoms with Crippen LogP contribution < -0.4 is 10.5 Å². The fraction of sp³-hybridized carbons (Fsp3) is 0.455. The van der Waals surface area contributed by atoms with Crippen LogP contribution in [0.5, 0.6) is 5.75 Å². The Kier molecular flexibility index (Phi) is 3.05. The molecule has 0 aromatic heterocycles. The van der Waals surface area contributed by atoms with Crippen molar-refractivity contribution in [1.82, 2.24) is 0 Å². The Morgan fingerprint density at radius 1 is 1.12 bits per heavy atom. The zero-order valence-corrected chi connectivity index (χ0v) is 8.55. The summed E-state index contributed by atoms with van der Waals surface area (Å²) in [5, 5.41) is 0. The summed E-state index contributed by atoms with van der Waals surface area (Å²) < 4.78 is 44.3. The molecule has 1 aromatic rings. The van der Waals surface area contributed by atoms with Crippen molar-refractivity contribution in [3.8, 4) is 5.75 Å². The van der Waals surface area contributed by atoms with Crippen molar-refractivity contribution in [3.63, 3.8) is 0 Å². The van der Waals surface area contributed by atoms with Crippen LogP contribution >= 0.6 is 0 Å². The Hall–Kier alpha value is -1.23. The van der Waals surface area contributed by atoms with Crippen LogP contribution in [0.1, 0.15) is 19.3 Å². The van der Waals surface area contributed by atoms with Gasteiger partial charge in [0.1, 0.15) is 11.9 Å². The molecule has 0 spiro atoms. The van der Waals surface area contributed by atoms with Crippen LogP contribution in [0.25, 0.3) is 0 Å². The first-order valence-corrected chi connectivity index (χ1v) is 5.14. The smallest absolute Gasteiger partial charge is 0.191 e. The van der Waals surface area contributed by atoms with Crippen molar-refractivity contribution in [2.24, 2.45) is 5.73 Å². The largest absolute Gasteiger partial charge is 0.483 e. The number of halogens is 3. The van der Waals surface area contributed by atoms with Gasteiger partial charge in [-0.1, -0.05) is 0 Å². The maximum absolute atomic E-state index is 13.2. The SMILES string of the molecule is NC1CCCC1Oc1c(F)cc(F)cc1F. The van der Waals surface area contributed by atoms with Crippen molar-refractivity contribution in [2.75, 3.05) is 0 Å². The maximum Gasteiger partial charge on any atom is 0.191 e. The summed E-state index contributed by atoms with van der Waals surface area (Å²) in [6, 6.07) is 0.974. The molecule has 1 aromatic carbocycles. The van der Waals surface area contributed by atoms with Crippen LogP contribution in [0.3, 0.4) is 0 Å². The van der Waals surface area contributed by atoms with Gasteiger partial charge in [-0.25, -0.2) is 13.2 Å². The van der Waals surface area contributed by atoms with Crippen molar-refractivity contribution in [3.05, 3.63) is 29.6 Å². The van der Waals surface area contributed by atoms with Crippen molar-refractivity contribution in [2.45, 2.75) is 31.4 Å². The van der Waals surface area contributed by atoms with E-state index in [2.05, 4.69) is 0 Å². The molecule has 0 amide bonds. The Labute approximate surface area is 91.2 Å². The van der Waals surface area contributed by atoms with E-state index in [1.54, 1.807) is 0 Å². The van der Waals surface area contributed by atoms with Gasteiger partial charge in [0.05, 0.1) is 0 Å². The minimum atomic E-state index is -1.03. The molecule has 0 heterocycles. The second-order valence-corrected chi connectivity index (χ2v) is 3.95. The van der Waals surface area contributed by atoms with E-state index < -0.39 is 29.3 Å². The van der Waals surface area contributed by atoms with Gasteiger partial charge in [-0.3, -0.25) is 0 Å². The molecule has 5 heteroatoms. The highest BCUT2D eigenvalue weighted by molar-refractivity contribution is 5.27. The van der Waals surface area contributed by atoms with Crippen LogP contribution in [0.2, 0.25) is 0 Å². The highest BCUT2D eigenvalue weighted by atomic mass is 19.1. The average Bonchev–Trinajstić information content (AvgIpc) is 2.57. The molecule has 1 fully saturated rings. The summed E-state index contributed by atoms with van der Waals surface area (Å²) in [6.45, 7) is 0. The Bertz CT molecular complexity index is 374. The molecule has 2 rings (SSSR count). The molecule has 0 bridgehead atoms. The molecule has 2 unspecified atom stereocenters. The molecule has 0 radical (unpaired) electrons. The van der Waals surface area contributed by atoms with E-state index in [0.29, 0.717) is 18.6 Å². The van der Waals surface area contributed by atoms with Gasteiger partial charge < -0.3 is 10.5 Å². The lowest BCUT2D eigenvalue weighted by Crippen LogP contribution is -2.34. The third kappa shape index (κ3) is 2.14. The summed E-state index contributed by atoms with van der Waals surface area (Å²) in [6.07, 6.45) is 1.91. The number of hydrogen-bond acceptors (Lipinski definition) is 2. The van der Waals surface area contributed by atoms with Gasteiger partial charge in [0.2, 0.25) is 0 Å². The first-order valence-electron chi connectivity index (χ1n) is 5.14. The van der Waals surface area contributed by atoms with E-state index in [9.17, 15) is 13.2 Å². The third-order valence-corrected chi connectivity index (χ3v) is 2.74. The number of nitrogens with two attached hydrogens (primary N) is 1. The van der Waals surface area contributed by atoms with Crippen molar-refractivity contribution >= 4 is 0 Å². The molecule has 2 atom stereocenters. The minimum Gasteiger partial charge on any atom is -0.483 e. The molecule has 1 saturated carbocycles. The fourth-order valence-corrected chi connectivity index (χ4v) is 1.89. The molecular formula is C11H12F3NO. The van der Waals surface area contributed by atoms with E-state index >= 15 is 0 Å². The molecule has 88 valence electrons. The molecule has 0 saturated heterocycles. The maximum atomic E-state index is 13.2. The lowest BCUT2D eigenvalue weighted by Gasteiger charge is -2.18. The van der Waals surface area contributed by atoms with Crippen LogP contribution in [-0.2, 0) is 0 Å². The summed E-state index contributed by atoms with van der Waals surface area (Å²) in [7, 11) is 0. The number of ether oxygens (including phenoxy) is 1. The normalized spacial score (nSPS) is 24.8. The lowest BCUT2D eigenvalue weighted by molar-refractivity contribution is 0.174. The van der Waals surface area contributed by atoms with E-state index in [1.807, 2.05) is 0 Å². The predicted octanol–water partition coefficient (Wildman–Crippen LogP) is 2.36. The first-order chi connectivity index (χ1) is 7.58. The number of hydrogen-bond donors (Lipinski definition) is 1. The van der Waals surface area contributed by atoms with Crippen LogP contribution in [-0.4, -0.2) is 12.1 Å². The molecule has 16 heavy (non-hydrogen) atoms. The van der Waals surface area contributed by atoms with Gasteiger partial charge in [0, 0.05) is 18.2 Å². The zero-order chi connectivity index (χ0) is 11.7. The quantitative estimate of drug-likeness (QED) is 0.848. The number of rotatable bonds is 2. The summed E-state index contributed by atoms with van der Waals surface area (Å²) in [4.78, 5) is 0. The van der Waals surface area contributed by atoms with Crippen LogP contribution in [0.15, 0.2) is 12.1 Å². The van der Waals surface area contributed by atoms with E-state index in [0.717, 1.165) is 12.8 Å². The molecular weight excluding hydrogens is 219 g/mol. The Balaban J connectivity index is 2.21. The molecule has 0 aliphatic heterocycles. The third-order valence-electron chi connectivity index (χ3n) is 2.74. The van der Waals surface area contributed by atoms with Gasteiger partial charge in [-0.2, -0.15) is 0 Å². The van der Waals surface area contributed by atoms with E-state index in [-0.39, 0.29) is 6.04 Å². The monoisotopic (exact) mass is 231 g/mol. The second-order valence-electron chi connectivity index (χ2n) is 3.95. The topological polar surface area (TPSA) is 35.2 Å². The van der Waals surface area contributed by atoms with E-state index in [1.165, 1.54) is 0 Å². The lowest BCUT2D eigenvalue weighted by atomic mass is 10.2. The Morgan fingerprint density at radius 2 is 1.75 bits per heavy atom. The van der Waals surface area contributed by atoms with Gasteiger partial charge >= 0.3 is 0 Å². The van der Waals surface area contributed by atoms with Crippen molar-refractivity contribution < 1.29 is 17.9 Å². The summed E-state index contributed by atoms with van der Waals surface area (Å²) in [5.41, 5.74) is 5.71. The summed E-state index contributed by atoms with van der Waals surface area (Å²) in [5.74, 6) is -3.56. The van der Waals surface area contributed by atoms with Gasteiger partial charge in [0.25, 0.3) is 0 Å². The standard InChI is InChI=1S/C11H12F3NO/c12-6-4-7(13)11(8(14)5-6)16-10-3-1-2-9(10)15/h4-5,9-10H,1-3,15H2. The minimum absolute atomic E-state index is 0.219. The second kappa shape index (κ2) is 4.33. The van der Waals surface area contributed by atoms with Crippen LogP contribution in [0.4, 0.5) is 13.2 Å². The van der Waals surface area contributed by atoms with Crippen LogP contribution in [0, 0.1) is 17.5 Å². The van der Waals surface area contributed by atoms with Crippen molar-refractivity contribution in [1.29, 1.82) is 0 Å². The number of benzene rings is 1. The molecule has 1 aliphatic carbocycles. The van der Waals surface area contributed by atoms with Gasteiger partial charge in [0.15, 0.2) is 17.4 Å².